The largest absolute Gasteiger partial charge is 0.507 e. The van der Waals surface area contributed by atoms with Crippen molar-refractivity contribution < 1.29 is 15.3 Å². The second kappa shape index (κ2) is 17.0. The number of hydrogen-bond donors (Lipinski definition) is 3. The van der Waals surface area contributed by atoms with E-state index in [1.54, 1.807) is 0 Å². The van der Waals surface area contributed by atoms with E-state index < -0.39 is 0 Å². The molecule has 0 aromatic heterocycles. The average Bonchev–Trinajstić information content (AvgIpc) is 3.06. The normalized spacial score (nSPS) is 10.8. The third-order valence-corrected chi connectivity index (χ3v) is 8.71. The van der Waals surface area contributed by atoms with Gasteiger partial charge in [-0.15, -0.1) is 39.5 Å². The van der Waals surface area contributed by atoms with Crippen LogP contribution in [0, 0.1) is 0 Å². The molecule has 4 rings (SSSR count). The molecule has 3 heteroatoms. The smallest absolute Gasteiger partial charge is 0.122 e. The molecular weight excluding hydrogens is 588 g/mol. The maximum Gasteiger partial charge on any atom is 0.122 e. The molecule has 48 heavy (non-hydrogen) atoms. The topological polar surface area (TPSA) is 60.7 Å². The van der Waals surface area contributed by atoms with Crippen molar-refractivity contribution >= 4 is 0 Å². The fourth-order valence-electron chi connectivity index (χ4n) is 6.56. The van der Waals surface area contributed by atoms with E-state index in [0.717, 1.165) is 50.1 Å². The van der Waals surface area contributed by atoms with Crippen LogP contribution in [0.4, 0.5) is 0 Å². The Hall–Kier alpha value is -5.28. The van der Waals surface area contributed by atoms with Gasteiger partial charge < -0.3 is 15.3 Å². The minimum absolute atomic E-state index is 0.300. The highest BCUT2D eigenvalue weighted by Crippen LogP contribution is 2.33. The van der Waals surface area contributed by atoms with Crippen molar-refractivity contribution in [1.82, 2.24) is 0 Å². The Morgan fingerprint density at radius 1 is 0.375 bits per heavy atom. The van der Waals surface area contributed by atoms with Crippen molar-refractivity contribution in [1.29, 1.82) is 0 Å². The predicted octanol–water partition coefficient (Wildman–Crippen LogP) is 9.95. The molecule has 3 nitrogen and oxygen atoms in total. The lowest BCUT2D eigenvalue weighted by atomic mass is 9.86. The van der Waals surface area contributed by atoms with Gasteiger partial charge in [-0.05, 0) is 125 Å². The van der Waals surface area contributed by atoms with E-state index in [2.05, 4.69) is 94.1 Å². The minimum atomic E-state index is 0.300. The molecule has 0 bridgehead atoms. The molecule has 4 aromatic rings. The number of rotatable bonds is 18. The highest BCUT2D eigenvalue weighted by Gasteiger charge is 2.17. The van der Waals surface area contributed by atoms with E-state index in [-0.39, 0.29) is 0 Å². The third kappa shape index (κ3) is 8.54. The Morgan fingerprint density at radius 3 is 0.875 bits per heavy atom. The van der Waals surface area contributed by atoms with Gasteiger partial charge in [0.05, 0.1) is 0 Å². The van der Waals surface area contributed by atoms with Gasteiger partial charge in [0, 0.05) is 0 Å². The Labute approximate surface area is 287 Å². The zero-order chi connectivity index (χ0) is 34.6. The first kappa shape index (κ1) is 35.6. The molecule has 0 saturated heterocycles. The summed E-state index contributed by atoms with van der Waals surface area (Å²) in [5, 5.41) is 32.9. The molecule has 0 aliphatic heterocycles. The van der Waals surface area contributed by atoms with Crippen LogP contribution in [0.15, 0.2) is 131 Å². The average molecular weight is 637 g/mol. The summed E-state index contributed by atoms with van der Waals surface area (Å²) in [7, 11) is 0. The number of phenolic OH excluding ortho intramolecular Hbond substituents is 3. The Kier molecular flexibility index (Phi) is 12.6. The molecule has 0 aliphatic rings. The molecule has 0 aliphatic carbocycles. The first-order valence-electron chi connectivity index (χ1n) is 16.5. The van der Waals surface area contributed by atoms with Gasteiger partial charge in [-0.3, -0.25) is 0 Å². The molecule has 0 heterocycles. The van der Waals surface area contributed by atoms with Crippen LogP contribution in [0.5, 0.6) is 17.2 Å². The van der Waals surface area contributed by atoms with E-state index in [9.17, 15) is 15.3 Å². The summed E-state index contributed by atoms with van der Waals surface area (Å²) in [6, 6.07) is 19.0. The number of benzene rings is 4. The Morgan fingerprint density at radius 2 is 0.625 bits per heavy atom. The molecule has 246 valence electrons. The van der Waals surface area contributed by atoms with Gasteiger partial charge in [0.15, 0.2) is 0 Å². The minimum Gasteiger partial charge on any atom is -0.507 e. The molecule has 0 fully saturated rings. The Balaban J connectivity index is 1.90. The third-order valence-electron chi connectivity index (χ3n) is 8.71. The molecule has 0 atom stereocenters. The summed E-state index contributed by atoms with van der Waals surface area (Å²) >= 11 is 0. The van der Waals surface area contributed by atoms with Gasteiger partial charge >= 0.3 is 0 Å². The van der Waals surface area contributed by atoms with Crippen LogP contribution in [-0.2, 0) is 57.8 Å². The molecular formula is C45H48O3. The van der Waals surface area contributed by atoms with E-state index in [1.807, 2.05) is 36.5 Å². The fraction of sp³-hybridized carbons (Fsp3) is 0.200. The summed E-state index contributed by atoms with van der Waals surface area (Å²) < 4.78 is 0. The van der Waals surface area contributed by atoms with Gasteiger partial charge in [0.25, 0.3) is 0 Å². The van der Waals surface area contributed by atoms with Crippen LogP contribution in [0.1, 0.15) is 66.8 Å². The Bertz CT molecular complexity index is 1650. The highest BCUT2D eigenvalue weighted by atomic mass is 16.3. The lowest BCUT2D eigenvalue weighted by Crippen LogP contribution is -2.06. The van der Waals surface area contributed by atoms with Crippen LogP contribution in [0.2, 0.25) is 0 Å². The number of aromatic hydroxyl groups is 3. The van der Waals surface area contributed by atoms with Gasteiger partial charge in [-0.2, -0.15) is 0 Å². The SMILES string of the molecule is C=CCc1cc(Cc2cccc(Cc3cc(CC=C)c(O)c(CC=C)c3)c2Cc2cc(CC=C)c(O)c(CC=C)c2)cc(CC=C)c1O. The van der Waals surface area contributed by atoms with Gasteiger partial charge in [0.1, 0.15) is 17.2 Å². The molecule has 3 N–H and O–H groups in total. The lowest BCUT2D eigenvalue weighted by molar-refractivity contribution is 0.463. The van der Waals surface area contributed by atoms with Crippen molar-refractivity contribution in [3.63, 3.8) is 0 Å². The van der Waals surface area contributed by atoms with Crippen LogP contribution >= 0.6 is 0 Å². The van der Waals surface area contributed by atoms with Crippen molar-refractivity contribution in [2.45, 2.75) is 57.8 Å². The summed E-state index contributed by atoms with van der Waals surface area (Å²) in [6.07, 6.45) is 16.3. The van der Waals surface area contributed by atoms with Crippen LogP contribution < -0.4 is 0 Å². The maximum atomic E-state index is 11.0. The van der Waals surface area contributed by atoms with Crippen LogP contribution in [0.3, 0.4) is 0 Å². The highest BCUT2D eigenvalue weighted by molar-refractivity contribution is 5.52. The van der Waals surface area contributed by atoms with Gasteiger partial charge in [0.2, 0.25) is 0 Å². The maximum absolute atomic E-state index is 11.0. The monoisotopic (exact) mass is 636 g/mol. The van der Waals surface area contributed by atoms with E-state index in [4.69, 9.17) is 0 Å². The standard InChI is InChI=1S/C45H48O3/c1-7-14-36-24-31(25-37(15-8-2)43(36)46)22-34-20-13-21-35(23-32-26-38(16-9-3)44(47)39(27-32)17-10-4)42(34)30-33-28-40(18-11-5)45(48)41(29-33)19-12-6/h7-13,20-21,24-29,46-48H,1-6,14-19,22-23,30H2. The van der Waals surface area contributed by atoms with Crippen LogP contribution in [0.25, 0.3) is 0 Å². The predicted molar refractivity (Wildman–Crippen MR) is 203 cm³/mol. The van der Waals surface area contributed by atoms with E-state index >= 15 is 0 Å². The summed E-state index contributed by atoms with van der Waals surface area (Å²) in [5.41, 5.74) is 12.0. The molecule has 0 saturated carbocycles. The van der Waals surface area contributed by atoms with Gasteiger partial charge in [-0.25, -0.2) is 0 Å². The quantitative estimate of drug-likeness (QED) is 0.0953. The summed E-state index contributed by atoms with van der Waals surface area (Å²) in [5.74, 6) is 0.910. The number of hydrogen-bond acceptors (Lipinski definition) is 3. The summed E-state index contributed by atoms with van der Waals surface area (Å²) in [4.78, 5) is 0. The number of allylic oxidation sites excluding steroid dienone is 6. The molecule has 0 unspecified atom stereocenters. The first-order valence-corrected chi connectivity index (χ1v) is 16.5. The zero-order valence-electron chi connectivity index (χ0n) is 28.1. The lowest BCUT2D eigenvalue weighted by Gasteiger charge is -2.19. The zero-order valence-corrected chi connectivity index (χ0v) is 28.1. The van der Waals surface area contributed by atoms with Crippen molar-refractivity contribution in [2.24, 2.45) is 0 Å². The molecule has 4 aromatic carbocycles. The van der Waals surface area contributed by atoms with Gasteiger partial charge in [-0.1, -0.05) is 91.1 Å². The van der Waals surface area contributed by atoms with Crippen LogP contribution in [-0.4, -0.2) is 15.3 Å². The van der Waals surface area contributed by atoms with Crippen molar-refractivity contribution in [3.8, 4) is 17.2 Å². The van der Waals surface area contributed by atoms with Crippen molar-refractivity contribution in [2.75, 3.05) is 0 Å². The fourth-order valence-corrected chi connectivity index (χ4v) is 6.56. The molecule has 0 amide bonds. The summed E-state index contributed by atoms with van der Waals surface area (Å²) in [6.45, 7) is 23.4. The molecule has 0 spiro atoms. The number of phenols is 3. The van der Waals surface area contributed by atoms with E-state index in [1.165, 1.54) is 16.7 Å². The second-order valence-electron chi connectivity index (χ2n) is 12.3. The van der Waals surface area contributed by atoms with E-state index in [0.29, 0.717) is 75.0 Å². The first-order chi connectivity index (χ1) is 23.3. The molecule has 0 radical (unpaired) electrons. The van der Waals surface area contributed by atoms with Crippen molar-refractivity contribution in [3.05, 3.63) is 197 Å². The second-order valence-corrected chi connectivity index (χ2v) is 12.3.